The number of fused-ring (bicyclic) bond motifs is 1. The highest BCUT2D eigenvalue weighted by molar-refractivity contribution is 9.10. The first-order valence-electron chi connectivity index (χ1n) is 6.42. The number of hydrogen-bond acceptors (Lipinski definition) is 4. The average molecular weight is 383 g/mol. The molecule has 6 heteroatoms. The Labute approximate surface area is 140 Å². The molecule has 0 amide bonds. The van der Waals surface area contributed by atoms with Gasteiger partial charge in [-0.15, -0.1) is 11.3 Å². The molecule has 0 radical (unpaired) electrons. The van der Waals surface area contributed by atoms with Crippen molar-refractivity contribution < 1.29 is 0 Å². The van der Waals surface area contributed by atoms with Crippen LogP contribution in [0.4, 0.5) is 11.5 Å². The third-order valence-electron chi connectivity index (χ3n) is 3.44. The van der Waals surface area contributed by atoms with Crippen molar-refractivity contribution in [3.8, 4) is 0 Å². The van der Waals surface area contributed by atoms with E-state index in [0.717, 1.165) is 26.2 Å². The molecule has 3 aromatic rings. The van der Waals surface area contributed by atoms with Crippen molar-refractivity contribution in [1.82, 2.24) is 9.97 Å². The highest BCUT2D eigenvalue weighted by Crippen LogP contribution is 2.35. The summed E-state index contributed by atoms with van der Waals surface area (Å²) in [6, 6.07) is 6.11. The zero-order chi connectivity index (χ0) is 15.1. The van der Waals surface area contributed by atoms with Gasteiger partial charge in [0.25, 0.3) is 0 Å². The van der Waals surface area contributed by atoms with Gasteiger partial charge < -0.3 is 5.32 Å². The summed E-state index contributed by atoms with van der Waals surface area (Å²) in [7, 11) is 0. The Morgan fingerprint density at radius 1 is 1.19 bits per heavy atom. The second-order valence-electron chi connectivity index (χ2n) is 4.89. The third kappa shape index (κ3) is 2.78. The first kappa shape index (κ1) is 14.8. The van der Waals surface area contributed by atoms with Gasteiger partial charge in [-0.25, -0.2) is 4.98 Å². The van der Waals surface area contributed by atoms with E-state index >= 15 is 0 Å². The average Bonchev–Trinajstić information content (AvgIpc) is 2.69. The molecule has 108 valence electrons. The molecule has 0 bridgehead atoms. The number of nitrogens with one attached hydrogen (secondary N) is 1. The predicted octanol–water partition coefficient (Wildman–Crippen LogP) is 5.78. The molecular weight excluding hydrogens is 370 g/mol. The molecule has 0 aliphatic carbocycles. The second kappa shape index (κ2) is 5.55. The minimum atomic E-state index is 0.262. The Bertz CT molecular complexity index is 845. The molecule has 1 N–H and O–H groups in total. The summed E-state index contributed by atoms with van der Waals surface area (Å²) in [5.74, 6) is 0.752. The number of hydrogen-bond donors (Lipinski definition) is 1. The number of thiophene rings is 1. The third-order valence-corrected chi connectivity index (χ3v) is 5.56. The lowest BCUT2D eigenvalue weighted by Gasteiger charge is -2.09. The highest BCUT2D eigenvalue weighted by atomic mass is 79.9. The standard InChI is InChI=1S/C15H13BrClN3S/c1-7-4-5-10(6-11(7)16)18-13-12-8(2)9(3)21-14(12)20-15(17)19-13/h4-6H,1-3H3,(H,18,19,20). The molecule has 0 saturated carbocycles. The van der Waals surface area contributed by atoms with Crippen molar-refractivity contribution in [1.29, 1.82) is 0 Å². The fourth-order valence-electron chi connectivity index (χ4n) is 2.12. The Kier molecular flexibility index (Phi) is 3.90. The lowest BCUT2D eigenvalue weighted by Crippen LogP contribution is -1.97. The maximum atomic E-state index is 6.04. The number of rotatable bonds is 2. The van der Waals surface area contributed by atoms with Crippen molar-refractivity contribution in [3.05, 3.63) is 44.0 Å². The van der Waals surface area contributed by atoms with Crippen LogP contribution in [0.25, 0.3) is 10.2 Å². The number of aromatic nitrogens is 2. The maximum absolute atomic E-state index is 6.04. The first-order valence-corrected chi connectivity index (χ1v) is 8.41. The van der Waals surface area contributed by atoms with E-state index in [2.05, 4.69) is 58.1 Å². The van der Waals surface area contributed by atoms with Crippen LogP contribution in [-0.4, -0.2) is 9.97 Å². The summed E-state index contributed by atoms with van der Waals surface area (Å²) in [6.45, 7) is 6.23. The molecule has 1 aromatic carbocycles. The van der Waals surface area contributed by atoms with E-state index in [0.29, 0.717) is 0 Å². The minimum Gasteiger partial charge on any atom is -0.340 e. The molecule has 0 aliphatic rings. The van der Waals surface area contributed by atoms with E-state index in [4.69, 9.17) is 11.6 Å². The fourth-order valence-corrected chi connectivity index (χ4v) is 3.75. The molecule has 0 saturated heterocycles. The Hall–Kier alpha value is -1.17. The second-order valence-corrected chi connectivity index (χ2v) is 7.29. The topological polar surface area (TPSA) is 37.8 Å². The Balaban J connectivity index is 2.13. The number of benzene rings is 1. The molecule has 3 rings (SSSR count). The Morgan fingerprint density at radius 2 is 1.95 bits per heavy atom. The quantitative estimate of drug-likeness (QED) is 0.571. The molecule has 0 unspecified atom stereocenters. The van der Waals surface area contributed by atoms with E-state index in [1.54, 1.807) is 11.3 Å². The maximum Gasteiger partial charge on any atom is 0.225 e. The van der Waals surface area contributed by atoms with Crippen molar-refractivity contribution in [2.45, 2.75) is 20.8 Å². The zero-order valence-electron chi connectivity index (χ0n) is 11.8. The van der Waals surface area contributed by atoms with Gasteiger partial charge in [0.15, 0.2) is 0 Å². The molecule has 2 aromatic heterocycles. The molecular formula is C15H13BrClN3S. The van der Waals surface area contributed by atoms with Crippen molar-refractivity contribution in [3.63, 3.8) is 0 Å². The van der Waals surface area contributed by atoms with Crippen LogP contribution >= 0.6 is 38.9 Å². The Morgan fingerprint density at radius 3 is 2.67 bits per heavy atom. The van der Waals surface area contributed by atoms with Gasteiger partial charge in [-0.05, 0) is 55.6 Å². The van der Waals surface area contributed by atoms with Gasteiger partial charge in [-0.2, -0.15) is 4.98 Å². The number of halogens is 2. The molecule has 0 atom stereocenters. The normalized spacial score (nSPS) is 11.1. The molecule has 21 heavy (non-hydrogen) atoms. The van der Waals surface area contributed by atoms with Gasteiger partial charge in [0.2, 0.25) is 5.28 Å². The lowest BCUT2D eigenvalue weighted by molar-refractivity contribution is 1.22. The minimum absolute atomic E-state index is 0.262. The fraction of sp³-hybridized carbons (Fsp3) is 0.200. The van der Waals surface area contributed by atoms with E-state index in [1.165, 1.54) is 16.0 Å². The van der Waals surface area contributed by atoms with Crippen LogP contribution in [0.3, 0.4) is 0 Å². The zero-order valence-corrected chi connectivity index (χ0v) is 14.9. The summed E-state index contributed by atoms with van der Waals surface area (Å²) in [5, 5.41) is 4.65. The highest BCUT2D eigenvalue weighted by Gasteiger charge is 2.14. The number of aryl methyl sites for hydroxylation is 3. The molecule has 0 fully saturated rings. The van der Waals surface area contributed by atoms with E-state index in [-0.39, 0.29) is 5.28 Å². The van der Waals surface area contributed by atoms with Gasteiger partial charge in [0, 0.05) is 15.0 Å². The smallest absolute Gasteiger partial charge is 0.225 e. The van der Waals surface area contributed by atoms with Gasteiger partial charge in [-0.1, -0.05) is 22.0 Å². The predicted molar refractivity (Wildman–Crippen MR) is 94.1 cm³/mol. The van der Waals surface area contributed by atoms with E-state index in [9.17, 15) is 0 Å². The van der Waals surface area contributed by atoms with Crippen LogP contribution in [0.2, 0.25) is 5.28 Å². The van der Waals surface area contributed by atoms with E-state index < -0.39 is 0 Å². The largest absolute Gasteiger partial charge is 0.340 e. The van der Waals surface area contributed by atoms with Crippen LogP contribution in [0.5, 0.6) is 0 Å². The monoisotopic (exact) mass is 381 g/mol. The van der Waals surface area contributed by atoms with Crippen LogP contribution in [0.1, 0.15) is 16.0 Å². The van der Waals surface area contributed by atoms with Crippen molar-refractivity contribution in [2.75, 3.05) is 5.32 Å². The summed E-state index contributed by atoms with van der Waals surface area (Å²) in [4.78, 5) is 10.8. The molecule has 2 heterocycles. The summed E-state index contributed by atoms with van der Waals surface area (Å²) < 4.78 is 1.06. The van der Waals surface area contributed by atoms with Crippen LogP contribution in [0, 0.1) is 20.8 Å². The van der Waals surface area contributed by atoms with Gasteiger partial charge in [0.05, 0.1) is 5.39 Å². The lowest BCUT2D eigenvalue weighted by atomic mass is 10.2. The van der Waals surface area contributed by atoms with Crippen LogP contribution in [-0.2, 0) is 0 Å². The number of anilines is 2. The summed E-state index contributed by atoms with van der Waals surface area (Å²) >= 11 is 11.2. The molecule has 0 spiro atoms. The molecule has 0 aliphatic heterocycles. The SMILES string of the molecule is Cc1ccc(Nc2nc(Cl)nc3sc(C)c(C)c23)cc1Br. The van der Waals surface area contributed by atoms with Crippen LogP contribution < -0.4 is 5.32 Å². The summed E-state index contributed by atoms with van der Waals surface area (Å²) in [6.07, 6.45) is 0. The van der Waals surface area contributed by atoms with Gasteiger partial charge >= 0.3 is 0 Å². The van der Waals surface area contributed by atoms with E-state index in [1.807, 2.05) is 12.1 Å². The first-order chi connectivity index (χ1) is 9.95. The number of nitrogens with zero attached hydrogens (tertiary/aromatic N) is 2. The van der Waals surface area contributed by atoms with Gasteiger partial charge in [0.1, 0.15) is 10.6 Å². The summed E-state index contributed by atoms with van der Waals surface area (Å²) in [5.41, 5.74) is 3.35. The van der Waals surface area contributed by atoms with Crippen LogP contribution in [0.15, 0.2) is 22.7 Å². The van der Waals surface area contributed by atoms with Crippen molar-refractivity contribution >= 4 is 60.6 Å². The van der Waals surface area contributed by atoms with Crippen molar-refractivity contribution in [2.24, 2.45) is 0 Å². The molecule has 3 nitrogen and oxygen atoms in total. The van der Waals surface area contributed by atoms with Gasteiger partial charge in [-0.3, -0.25) is 0 Å².